The van der Waals surface area contributed by atoms with E-state index in [1.807, 2.05) is 25.1 Å². The molecule has 0 aromatic heterocycles. The highest BCUT2D eigenvalue weighted by Gasteiger charge is 2.10. The van der Waals surface area contributed by atoms with Crippen LogP contribution in [0.2, 0.25) is 0 Å². The maximum absolute atomic E-state index is 11.5. The molecular weight excluding hydrogens is 236 g/mol. The van der Waals surface area contributed by atoms with Gasteiger partial charge in [-0.05, 0) is 37.9 Å². The van der Waals surface area contributed by atoms with E-state index in [0.717, 1.165) is 6.42 Å². The van der Waals surface area contributed by atoms with Gasteiger partial charge in [0.2, 0.25) is 5.91 Å². The van der Waals surface area contributed by atoms with Crippen LogP contribution < -0.4 is 11.1 Å². The van der Waals surface area contributed by atoms with Crippen LogP contribution in [0.1, 0.15) is 36.9 Å². The molecule has 17 heavy (non-hydrogen) atoms. The smallest absolute Gasteiger partial charge is 0.220 e. The summed E-state index contributed by atoms with van der Waals surface area (Å²) in [7, 11) is 0. The van der Waals surface area contributed by atoms with E-state index in [1.54, 1.807) is 0 Å². The summed E-state index contributed by atoms with van der Waals surface area (Å²) in [4.78, 5) is 11.5. The molecule has 4 heteroatoms. The Hall–Kier alpha value is -1.06. The van der Waals surface area contributed by atoms with E-state index in [1.165, 1.54) is 11.1 Å². The lowest BCUT2D eigenvalue weighted by molar-refractivity contribution is -0.121. The number of aryl methyl sites for hydroxylation is 1. The highest BCUT2D eigenvalue weighted by atomic mass is 35.5. The van der Waals surface area contributed by atoms with Crippen molar-refractivity contribution >= 4 is 18.3 Å². The predicted molar refractivity (Wildman–Crippen MR) is 73.3 cm³/mol. The molecule has 0 aliphatic carbocycles. The minimum absolute atomic E-state index is 0. The summed E-state index contributed by atoms with van der Waals surface area (Å²) in [6.45, 7) is 4.62. The van der Waals surface area contributed by atoms with Crippen LogP contribution in [-0.2, 0) is 4.79 Å². The molecule has 0 aliphatic heterocycles. The molecule has 1 aromatic rings. The third-order valence-corrected chi connectivity index (χ3v) is 2.64. The highest BCUT2D eigenvalue weighted by molar-refractivity contribution is 5.85. The van der Waals surface area contributed by atoms with Crippen LogP contribution >= 0.6 is 12.4 Å². The largest absolute Gasteiger partial charge is 0.350 e. The molecule has 0 saturated heterocycles. The number of nitrogens with one attached hydrogen (secondary N) is 1. The molecule has 0 saturated carbocycles. The molecule has 1 unspecified atom stereocenters. The first-order valence-electron chi connectivity index (χ1n) is 5.70. The zero-order valence-electron chi connectivity index (χ0n) is 10.4. The summed E-state index contributed by atoms with van der Waals surface area (Å²) in [5.74, 6) is 0.0706. The predicted octanol–water partition coefficient (Wildman–Crippen LogP) is 2.33. The second-order valence-electron chi connectivity index (χ2n) is 4.04. The summed E-state index contributed by atoms with van der Waals surface area (Å²) < 4.78 is 0. The number of carbonyl (C=O) groups is 1. The number of carbonyl (C=O) groups excluding carboxylic acids is 1. The lowest BCUT2D eigenvalue weighted by Gasteiger charge is -2.16. The Kier molecular flexibility index (Phi) is 7.59. The molecule has 1 amide bonds. The fourth-order valence-corrected chi connectivity index (χ4v) is 1.73. The van der Waals surface area contributed by atoms with Crippen molar-refractivity contribution in [3.63, 3.8) is 0 Å². The average molecular weight is 257 g/mol. The summed E-state index contributed by atoms with van der Waals surface area (Å²) in [6.07, 6.45) is 1.25. The second kappa shape index (κ2) is 8.09. The van der Waals surface area contributed by atoms with Gasteiger partial charge in [0.15, 0.2) is 0 Å². The van der Waals surface area contributed by atoms with Crippen molar-refractivity contribution in [2.24, 2.45) is 5.73 Å². The van der Waals surface area contributed by atoms with Gasteiger partial charge in [0.25, 0.3) is 0 Å². The Bertz CT molecular complexity index is 355. The van der Waals surface area contributed by atoms with Gasteiger partial charge in [-0.25, -0.2) is 0 Å². The van der Waals surface area contributed by atoms with Crippen LogP contribution in [0.25, 0.3) is 0 Å². The highest BCUT2D eigenvalue weighted by Crippen LogP contribution is 2.16. The van der Waals surface area contributed by atoms with Gasteiger partial charge >= 0.3 is 0 Å². The van der Waals surface area contributed by atoms with Crippen molar-refractivity contribution < 1.29 is 4.79 Å². The standard InChI is InChI=1S/C13H20N2O.ClH/c1-10-6-3-4-7-12(10)11(2)15-13(16)8-5-9-14;/h3-4,6-7,11H,5,8-9,14H2,1-2H3,(H,15,16);1H. The van der Waals surface area contributed by atoms with Crippen LogP contribution in [0.4, 0.5) is 0 Å². The number of hydrogen-bond donors (Lipinski definition) is 2. The van der Waals surface area contributed by atoms with Crippen LogP contribution in [-0.4, -0.2) is 12.5 Å². The van der Waals surface area contributed by atoms with E-state index in [0.29, 0.717) is 13.0 Å². The summed E-state index contributed by atoms with van der Waals surface area (Å²) in [5, 5.41) is 2.98. The topological polar surface area (TPSA) is 55.1 Å². The Labute approximate surface area is 109 Å². The first kappa shape index (κ1) is 15.9. The molecule has 3 N–H and O–H groups in total. The van der Waals surface area contributed by atoms with Crippen molar-refractivity contribution in [3.05, 3.63) is 35.4 Å². The fraction of sp³-hybridized carbons (Fsp3) is 0.462. The maximum atomic E-state index is 11.5. The number of nitrogens with two attached hydrogens (primary N) is 1. The first-order chi connectivity index (χ1) is 7.65. The third-order valence-electron chi connectivity index (χ3n) is 2.64. The molecule has 96 valence electrons. The van der Waals surface area contributed by atoms with Crippen LogP contribution in [0.3, 0.4) is 0 Å². The van der Waals surface area contributed by atoms with Gasteiger partial charge in [-0.15, -0.1) is 12.4 Å². The average Bonchev–Trinajstić information content (AvgIpc) is 2.26. The van der Waals surface area contributed by atoms with Crippen molar-refractivity contribution in [2.75, 3.05) is 6.54 Å². The Balaban J connectivity index is 0.00000256. The van der Waals surface area contributed by atoms with Crippen molar-refractivity contribution in [3.8, 4) is 0 Å². The number of benzene rings is 1. The molecule has 1 rings (SSSR count). The zero-order chi connectivity index (χ0) is 12.0. The molecule has 1 aromatic carbocycles. The van der Waals surface area contributed by atoms with Crippen LogP contribution in [0, 0.1) is 6.92 Å². The minimum Gasteiger partial charge on any atom is -0.350 e. The van der Waals surface area contributed by atoms with Crippen molar-refractivity contribution in [1.82, 2.24) is 5.32 Å². The number of hydrogen-bond acceptors (Lipinski definition) is 2. The molecule has 3 nitrogen and oxygen atoms in total. The fourth-order valence-electron chi connectivity index (χ4n) is 1.73. The molecule has 0 spiro atoms. The number of halogens is 1. The zero-order valence-corrected chi connectivity index (χ0v) is 11.2. The van der Waals surface area contributed by atoms with E-state index in [4.69, 9.17) is 5.73 Å². The van der Waals surface area contributed by atoms with Crippen molar-refractivity contribution in [2.45, 2.75) is 32.7 Å². The van der Waals surface area contributed by atoms with Gasteiger partial charge in [0.05, 0.1) is 6.04 Å². The molecule has 0 aliphatic rings. The molecule has 0 radical (unpaired) electrons. The van der Waals surface area contributed by atoms with E-state index in [-0.39, 0.29) is 24.4 Å². The van der Waals surface area contributed by atoms with E-state index in [9.17, 15) is 4.79 Å². The molecule has 0 fully saturated rings. The Morgan fingerprint density at radius 1 is 1.41 bits per heavy atom. The van der Waals surface area contributed by atoms with Gasteiger partial charge in [-0.2, -0.15) is 0 Å². The lowest BCUT2D eigenvalue weighted by atomic mass is 10.0. The van der Waals surface area contributed by atoms with E-state index < -0.39 is 0 Å². The number of amides is 1. The molecule has 1 atom stereocenters. The molecular formula is C13H21ClN2O. The van der Waals surface area contributed by atoms with Gasteiger partial charge in [-0.1, -0.05) is 24.3 Å². The minimum atomic E-state index is 0. The maximum Gasteiger partial charge on any atom is 0.220 e. The normalized spacial score (nSPS) is 11.5. The molecule has 0 bridgehead atoms. The Morgan fingerprint density at radius 3 is 2.65 bits per heavy atom. The van der Waals surface area contributed by atoms with Gasteiger partial charge in [0.1, 0.15) is 0 Å². The van der Waals surface area contributed by atoms with E-state index in [2.05, 4.69) is 18.3 Å². The summed E-state index contributed by atoms with van der Waals surface area (Å²) in [5.41, 5.74) is 7.74. The number of rotatable bonds is 5. The molecule has 0 heterocycles. The summed E-state index contributed by atoms with van der Waals surface area (Å²) in [6, 6.07) is 8.15. The van der Waals surface area contributed by atoms with Gasteiger partial charge in [0, 0.05) is 6.42 Å². The van der Waals surface area contributed by atoms with Gasteiger partial charge < -0.3 is 11.1 Å². The third kappa shape index (κ3) is 5.20. The monoisotopic (exact) mass is 256 g/mol. The van der Waals surface area contributed by atoms with Crippen LogP contribution in [0.5, 0.6) is 0 Å². The van der Waals surface area contributed by atoms with Gasteiger partial charge in [-0.3, -0.25) is 4.79 Å². The second-order valence-corrected chi connectivity index (χ2v) is 4.04. The van der Waals surface area contributed by atoms with Crippen LogP contribution in [0.15, 0.2) is 24.3 Å². The Morgan fingerprint density at radius 2 is 2.06 bits per heavy atom. The summed E-state index contributed by atoms with van der Waals surface area (Å²) >= 11 is 0. The van der Waals surface area contributed by atoms with E-state index >= 15 is 0 Å². The SMILES string of the molecule is Cc1ccccc1C(C)NC(=O)CCCN.Cl. The quantitative estimate of drug-likeness (QED) is 0.850. The lowest BCUT2D eigenvalue weighted by Crippen LogP contribution is -2.27. The van der Waals surface area contributed by atoms with Crippen molar-refractivity contribution in [1.29, 1.82) is 0 Å². The first-order valence-corrected chi connectivity index (χ1v) is 5.70.